The van der Waals surface area contributed by atoms with E-state index in [4.69, 9.17) is 0 Å². The number of hydrogen-bond donors (Lipinski definition) is 2. The molecule has 0 aliphatic carbocycles. The van der Waals surface area contributed by atoms with Gasteiger partial charge in [-0.25, -0.2) is 4.98 Å². The third kappa shape index (κ3) is 2.44. The van der Waals surface area contributed by atoms with E-state index in [0.29, 0.717) is 5.69 Å². The van der Waals surface area contributed by atoms with Crippen molar-refractivity contribution < 1.29 is 9.18 Å². The average Bonchev–Trinajstić information content (AvgIpc) is 2.82. The van der Waals surface area contributed by atoms with Crippen molar-refractivity contribution in [3.63, 3.8) is 0 Å². The van der Waals surface area contributed by atoms with Crippen LogP contribution in [-0.2, 0) is 4.79 Å². The predicted octanol–water partition coefficient (Wildman–Crippen LogP) is 1.69. The van der Waals surface area contributed by atoms with E-state index in [2.05, 4.69) is 15.6 Å². The second-order valence-corrected chi connectivity index (χ2v) is 4.29. The smallest absolute Gasteiger partial charge is 0.244 e. The van der Waals surface area contributed by atoms with E-state index in [-0.39, 0.29) is 5.91 Å². The van der Waals surface area contributed by atoms with Crippen LogP contribution < -0.4 is 10.6 Å². The molecule has 1 aliphatic heterocycles. The molecule has 1 aliphatic rings. The molecular weight excluding hydrogens is 221 g/mol. The molecule has 1 saturated heterocycles. The van der Waals surface area contributed by atoms with Crippen molar-refractivity contribution in [3.8, 4) is 0 Å². The lowest BCUT2D eigenvalue weighted by Crippen LogP contribution is -2.50. The van der Waals surface area contributed by atoms with E-state index < -0.39 is 11.5 Å². The normalized spacial score (nSPS) is 23.6. The zero-order valence-corrected chi connectivity index (χ0v) is 9.79. The Labute approximate surface area is 99.6 Å². The van der Waals surface area contributed by atoms with Gasteiger partial charge in [0, 0.05) is 0 Å². The van der Waals surface area contributed by atoms with Gasteiger partial charge in [-0.05, 0) is 37.9 Å². The summed E-state index contributed by atoms with van der Waals surface area (Å²) >= 11 is 0. The molecule has 1 aromatic heterocycles. The van der Waals surface area contributed by atoms with Gasteiger partial charge in [-0.3, -0.25) is 4.79 Å². The second-order valence-electron chi connectivity index (χ2n) is 4.29. The maximum absolute atomic E-state index is 12.6. The number of pyridine rings is 1. The van der Waals surface area contributed by atoms with Gasteiger partial charge in [0.25, 0.3) is 0 Å². The molecule has 0 aromatic carbocycles. The van der Waals surface area contributed by atoms with Crippen LogP contribution in [0, 0.1) is 5.95 Å². The van der Waals surface area contributed by atoms with E-state index in [0.717, 1.165) is 25.8 Å². The zero-order chi connectivity index (χ0) is 12.3. The molecule has 2 rings (SSSR count). The summed E-state index contributed by atoms with van der Waals surface area (Å²) in [6, 6.07) is 2.74. The summed E-state index contributed by atoms with van der Waals surface area (Å²) in [5.74, 6) is -0.613. The lowest BCUT2D eigenvalue weighted by molar-refractivity contribution is -0.122. The lowest BCUT2D eigenvalue weighted by Gasteiger charge is -2.26. The highest BCUT2D eigenvalue weighted by Crippen LogP contribution is 2.24. The van der Waals surface area contributed by atoms with Crippen molar-refractivity contribution in [3.05, 3.63) is 24.3 Å². The van der Waals surface area contributed by atoms with Gasteiger partial charge in [-0.15, -0.1) is 0 Å². The standard InChI is InChI=1S/C12H16FN3O/c1-2-12(6-3-7-15-12)11(17)16-9-4-5-10(13)14-8-9/h4-5,8,15H,2-3,6-7H2,1H3,(H,16,17). The average molecular weight is 237 g/mol. The molecule has 5 heteroatoms. The van der Waals surface area contributed by atoms with Crippen LogP contribution in [0.5, 0.6) is 0 Å². The monoisotopic (exact) mass is 237 g/mol. The topological polar surface area (TPSA) is 54.0 Å². The maximum Gasteiger partial charge on any atom is 0.244 e. The fourth-order valence-electron chi connectivity index (χ4n) is 2.16. The predicted molar refractivity (Wildman–Crippen MR) is 63.1 cm³/mol. The Morgan fingerprint density at radius 3 is 3.00 bits per heavy atom. The maximum atomic E-state index is 12.6. The summed E-state index contributed by atoms with van der Waals surface area (Å²) in [6.45, 7) is 2.85. The van der Waals surface area contributed by atoms with Crippen molar-refractivity contribution in [2.45, 2.75) is 31.7 Å². The van der Waals surface area contributed by atoms with Crippen molar-refractivity contribution in [2.24, 2.45) is 0 Å². The Balaban J connectivity index is 2.08. The third-order valence-electron chi connectivity index (χ3n) is 3.27. The summed E-state index contributed by atoms with van der Waals surface area (Å²) in [4.78, 5) is 15.7. The van der Waals surface area contributed by atoms with Crippen LogP contribution in [-0.4, -0.2) is 23.0 Å². The molecule has 1 aromatic rings. The van der Waals surface area contributed by atoms with E-state index in [1.165, 1.54) is 18.3 Å². The van der Waals surface area contributed by atoms with Crippen molar-refractivity contribution in [2.75, 3.05) is 11.9 Å². The third-order valence-corrected chi connectivity index (χ3v) is 3.27. The molecule has 92 valence electrons. The molecule has 0 spiro atoms. The van der Waals surface area contributed by atoms with Crippen LogP contribution in [0.1, 0.15) is 26.2 Å². The number of carbonyl (C=O) groups is 1. The molecule has 4 nitrogen and oxygen atoms in total. The summed E-state index contributed by atoms with van der Waals surface area (Å²) in [6.07, 6.45) is 3.91. The Morgan fingerprint density at radius 1 is 1.65 bits per heavy atom. The number of anilines is 1. The number of carbonyl (C=O) groups excluding carboxylic acids is 1. The van der Waals surface area contributed by atoms with Crippen LogP contribution in [0.3, 0.4) is 0 Å². The van der Waals surface area contributed by atoms with Crippen molar-refractivity contribution in [1.29, 1.82) is 0 Å². The minimum absolute atomic E-state index is 0.0640. The number of halogens is 1. The largest absolute Gasteiger partial charge is 0.323 e. The number of aromatic nitrogens is 1. The number of amides is 1. The first-order valence-corrected chi connectivity index (χ1v) is 5.84. The van der Waals surface area contributed by atoms with Crippen LogP contribution in [0.4, 0.5) is 10.1 Å². The van der Waals surface area contributed by atoms with E-state index in [9.17, 15) is 9.18 Å². The highest BCUT2D eigenvalue weighted by Gasteiger charge is 2.38. The van der Waals surface area contributed by atoms with Gasteiger partial charge in [0.15, 0.2) is 0 Å². The van der Waals surface area contributed by atoms with Crippen LogP contribution in [0.15, 0.2) is 18.3 Å². The SMILES string of the molecule is CCC1(C(=O)Nc2ccc(F)nc2)CCCN1. The molecule has 0 radical (unpaired) electrons. The number of rotatable bonds is 3. The summed E-state index contributed by atoms with van der Waals surface area (Å²) in [5, 5.41) is 6.02. The molecule has 2 N–H and O–H groups in total. The van der Waals surface area contributed by atoms with Crippen LogP contribution in [0.25, 0.3) is 0 Å². The minimum Gasteiger partial charge on any atom is -0.323 e. The summed E-state index contributed by atoms with van der Waals surface area (Å²) in [5.41, 5.74) is 0.0481. The second kappa shape index (κ2) is 4.79. The number of nitrogens with zero attached hydrogens (tertiary/aromatic N) is 1. The quantitative estimate of drug-likeness (QED) is 0.787. The molecule has 0 bridgehead atoms. The van der Waals surface area contributed by atoms with Crippen LogP contribution >= 0.6 is 0 Å². The molecule has 17 heavy (non-hydrogen) atoms. The fourth-order valence-corrected chi connectivity index (χ4v) is 2.16. The van der Waals surface area contributed by atoms with E-state index in [1.807, 2.05) is 6.92 Å². The van der Waals surface area contributed by atoms with E-state index in [1.54, 1.807) is 0 Å². The molecule has 1 fully saturated rings. The zero-order valence-electron chi connectivity index (χ0n) is 9.79. The highest BCUT2D eigenvalue weighted by molar-refractivity contribution is 5.98. The van der Waals surface area contributed by atoms with Gasteiger partial charge in [-0.1, -0.05) is 6.92 Å². The van der Waals surface area contributed by atoms with Gasteiger partial charge < -0.3 is 10.6 Å². The number of hydrogen-bond acceptors (Lipinski definition) is 3. The first kappa shape index (κ1) is 12.0. The first-order chi connectivity index (χ1) is 8.16. The first-order valence-electron chi connectivity index (χ1n) is 5.84. The Morgan fingerprint density at radius 2 is 2.47 bits per heavy atom. The highest BCUT2D eigenvalue weighted by atomic mass is 19.1. The summed E-state index contributed by atoms with van der Waals surface area (Å²) in [7, 11) is 0. The van der Waals surface area contributed by atoms with Crippen molar-refractivity contribution in [1.82, 2.24) is 10.3 Å². The lowest BCUT2D eigenvalue weighted by atomic mass is 9.93. The Hall–Kier alpha value is -1.49. The van der Waals surface area contributed by atoms with Gasteiger partial charge in [0.1, 0.15) is 0 Å². The van der Waals surface area contributed by atoms with Gasteiger partial charge in [0.05, 0.1) is 17.4 Å². The molecular formula is C12H16FN3O. The fraction of sp³-hybridized carbons (Fsp3) is 0.500. The van der Waals surface area contributed by atoms with Crippen molar-refractivity contribution >= 4 is 11.6 Å². The number of nitrogens with one attached hydrogen (secondary N) is 2. The Kier molecular flexibility index (Phi) is 3.38. The van der Waals surface area contributed by atoms with Crippen LogP contribution in [0.2, 0.25) is 0 Å². The molecule has 0 saturated carbocycles. The molecule has 1 atom stereocenters. The Bertz CT molecular complexity index is 399. The summed E-state index contributed by atoms with van der Waals surface area (Å²) < 4.78 is 12.6. The van der Waals surface area contributed by atoms with E-state index >= 15 is 0 Å². The van der Waals surface area contributed by atoms with Gasteiger partial charge in [0.2, 0.25) is 11.9 Å². The van der Waals surface area contributed by atoms with Gasteiger partial charge >= 0.3 is 0 Å². The molecule has 1 unspecified atom stereocenters. The van der Waals surface area contributed by atoms with Gasteiger partial charge in [-0.2, -0.15) is 4.39 Å². The minimum atomic E-state index is -0.549. The molecule has 1 amide bonds. The molecule has 2 heterocycles.